The Balaban J connectivity index is 2.76. The lowest BCUT2D eigenvalue weighted by Crippen LogP contribution is -2.53. The minimum Gasteiger partial charge on any atom is -0.465 e. The van der Waals surface area contributed by atoms with Crippen LogP contribution in [0.25, 0.3) is 10.4 Å². The van der Waals surface area contributed by atoms with Crippen molar-refractivity contribution in [3.8, 4) is 0 Å². The summed E-state index contributed by atoms with van der Waals surface area (Å²) in [4.78, 5) is 15.2. The van der Waals surface area contributed by atoms with Crippen molar-refractivity contribution in [2.24, 2.45) is 17.0 Å². The van der Waals surface area contributed by atoms with E-state index in [4.69, 9.17) is 10.3 Å². The summed E-state index contributed by atoms with van der Waals surface area (Å²) in [5, 5.41) is 6.84. The van der Waals surface area contributed by atoms with Crippen molar-refractivity contribution >= 4 is 5.97 Å². The van der Waals surface area contributed by atoms with E-state index in [0.29, 0.717) is 31.5 Å². The molecule has 2 atom stereocenters. The fourth-order valence-corrected chi connectivity index (χ4v) is 3.15. The van der Waals surface area contributed by atoms with Gasteiger partial charge in [0.25, 0.3) is 0 Å². The Kier molecular flexibility index (Phi) is 7.54. The first-order valence-corrected chi connectivity index (χ1v) is 7.99. The Morgan fingerprint density at radius 3 is 2.86 bits per heavy atom. The van der Waals surface area contributed by atoms with Gasteiger partial charge in [0, 0.05) is 18.0 Å². The van der Waals surface area contributed by atoms with Crippen LogP contribution >= 0.6 is 0 Å². The minimum absolute atomic E-state index is 0.157. The van der Waals surface area contributed by atoms with Crippen LogP contribution in [0.1, 0.15) is 52.9 Å². The van der Waals surface area contributed by atoms with E-state index in [0.717, 1.165) is 32.1 Å². The number of ether oxygens (including phenoxy) is 1. The predicted octanol–water partition coefficient (Wildman–Crippen LogP) is 3.42. The topological polar surface area (TPSA) is 87.1 Å². The molecule has 1 fully saturated rings. The van der Waals surface area contributed by atoms with Crippen LogP contribution in [0.5, 0.6) is 0 Å². The second kappa shape index (κ2) is 8.90. The Hall–Kier alpha value is -1.26. The van der Waals surface area contributed by atoms with Gasteiger partial charge in [0.15, 0.2) is 0 Å². The van der Waals surface area contributed by atoms with E-state index in [1.165, 1.54) is 0 Å². The summed E-state index contributed by atoms with van der Waals surface area (Å²) in [5.74, 6) is 1.15. The van der Waals surface area contributed by atoms with E-state index in [2.05, 4.69) is 29.2 Å². The molecule has 0 bridgehead atoms. The SMILES string of the molecule is CCOC(=O)C1(NCCN=[N+]=[N-])CCCC(C(C)C)CC1. The molecule has 6 nitrogen and oxygen atoms in total. The maximum Gasteiger partial charge on any atom is 0.326 e. The maximum absolute atomic E-state index is 12.4. The number of hydrogen-bond acceptors (Lipinski definition) is 4. The lowest BCUT2D eigenvalue weighted by atomic mass is 9.86. The second-order valence-corrected chi connectivity index (χ2v) is 6.12. The summed E-state index contributed by atoms with van der Waals surface area (Å²) in [6.45, 7) is 7.58. The standard InChI is InChI=1S/C15H28N4O2/c1-4-21-14(20)15(17-10-11-18-19-16)8-5-6-13(7-9-15)12(2)3/h12-13,17H,4-11H2,1-3H3. The molecule has 0 aromatic heterocycles. The highest BCUT2D eigenvalue weighted by Crippen LogP contribution is 2.34. The van der Waals surface area contributed by atoms with E-state index in [1.807, 2.05) is 6.92 Å². The van der Waals surface area contributed by atoms with Gasteiger partial charge >= 0.3 is 5.97 Å². The zero-order chi connectivity index (χ0) is 15.7. The van der Waals surface area contributed by atoms with E-state index >= 15 is 0 Å². The van der Waals surface area contributed by atoms with Crippen molar-refractivity contribution in [2.75, 3.05) is 19.7 Å². The summed E-state index contributed by atoms with van der Waals surface area (Å²) in [5.41, 5.74) is 7.73. The van der Waals surface area contributed by atoms with Gasteiger partial charge in [0.1, 0.15) is 5.54 Å². The first kappa shape index (κ1) is 17.8. The zero-order valence-electron chi connectivity index (χ0n) is 13.5. The molecule has 0 saturated heterocycles. The third kappa shape index (κ3) is 5.21. The lowest BCUT2D eigenvalue weighted by molar-refractivity contribution is -0.152. The highest BCUT2D eigenvalue weighted by atomic mass is 16.5. The van der Waals surface area contributed by atoms with Gasteiger partial charge in [-0.2, -0.15) is 0 Å². The van der Waals surface area contributed by atoms with Crippen LogP contribution in [0, 0.1) is 11.8 Å². The summed E-state index contributed by atoms with van der Waals surface area (Å²) in [7, 11) is 0. The molecule has 1 aliphatic carbocycles. The number of carbonyl (C=O) groups is 1. The van der Waals surface area contributed by atoms with Crippen molar-refractivity contribution in [3.63, 3.8) is 0 Å². The van der Waals surface area contributed by atoms with Crippen LogP contribution in [0.2, 0.25) is 0 Å². The molecule has 120 valence electrons. The number of esters is 1. The Morgan fingerprint density at radius 1 is 1.48 bits per heavy atom. The second-order valence-electron chi connectivity index (χ2n) is 6.12. The Labute approximate surface area is 127 Å². The molecule has 6 heteroatoms. The number of hydrogen-bond donors (Lipinski definition) is 1. The highest BCUT2D eigenvalue weighted by molar-refractivity contribution is 5.80. The van der Waals surface area contributed by atoms with Gasteiger partial charge in [0.2, 0.25) is 0 Å². The van der Waals surface area contributed by atoms with E-state index in [-0.39, 0.29) is 5.97 Å². The third-order valence-electron chi connectivity index (χ3n) is 4.47. The van der Waals surface area contributed by atoms with E-state index < -0.39 is 5.54 Å². The van der Waals surface area contributed by atoms with Crippen LogP contribution in [-0.4, -0.2) is 31.2 Å². The summed E-state index contributed by atoms with van der Waals surface area (Å²) >= 11 is 0. The molecule has 0 aromatic carbocycles. The molecule has 0 aromatic rings. The molecule has 0 heterocycles. The monoisotopic (exact) mass is 296 g/mol. The molecule has 1 N–H and O–H groups in total. The van der Waals surface area contributed by atoms with Crippen LogP contribution in [-0.2, 0) is 9.53 Å². The van der Waals surface area contributed by atoms with Crippen molar-refractivity contribution < 1.29 is 9.53 Å². The normalized spacial score (nSPS) is 26.0. The third-order valence-corrected chi connectivity index (χ3v) is 4.47. The van der Waals surface area contributed by atoms with Crippen molar-refractivity contribution in [2.45, 2.75) is 58.4 Å². The average Bonchev–Trinajstić information content (AvgIpc) is 2.68. The van der Waals surface area contributed by atoms with Gasteiger partial charge < -0.3 is 10.1 Å². The van der Waals surface area contributed by atoms with Gasteiger partial charge in [-0.1, -0.05) is 31.8 Å². The fourth-order valence-electron chi connectivity index (χ4n) is 3.15. The molecule has 21 heavy (non-hydrogen) atoms. The Morgan fingerprint density at radius 2 is 2.24 bits per heavy atom. The van der Waals surface area contributed by atoms with Crippen LogP contribution < -0.4 is 5.32 Å². The summed E-state index contributed by atoms with van der Waals surface area (Å²) in [6, 6.07) is 0. The molecule has 1 saturated carbocycles. The molecule has 0 aliphatic heterocycles. The van der Waals surface area contributed by atoms with Crippen molar-refractivity contribution in [1.29, 1.82) is 0 Å². The van der Waals surface area contributed by atoms with Gasteiger partial charge in [-0.3, -0.25) is 4.79 Å². The van der Waals surface area contributed by atoms with E-state index in [9.17, 15) is 4.79 Å². The van der Waals surface area contributed by atoms with Crippen LogP contribution in [0.3, 0.4) is 0 Å². The molecule has 0 amide bonds. The zero-order valence-corrected chi connectivity index (χ0v) is 13.5. The van der Waals surface area contributed by atoms with E-state index in [1.54, 1.807) is 0 Å². The molecule has 1 aliphatic rings. The number of azide groups is 1. The number of carbonyl (C=O) groups excluding carboxylic acids is 1. The van der Waals surface area contributed by atoms with Gasteiger partial charge in [-0.25, -0.2) is 0 Å². The quantitative estimate of drug-likeness (QED) is 0.195. The molecular formula is C15H28N4O2. The molecule has 0 radical (unpaired) electrons. The number of nitrogens with zero attached hydrogens (tertiary/aromatic N) is 3. The smallest absolute Gasteiger partial charge is 0.326 e. The fraction of sp³-hybridized carbons (Fsp3) is 0.933. The molecule has 1 rings (SSSR count). The average molecular weight is 296 g/mol. The molecular weight excluding hydrogens is 268 g/mol. The summed E-state index contributed by atoms with van der Waals surface area (Å²) < 4.78 is 5.29. The predicted molar refractivity (Wildman–Crippen MR) is 82.8 cm³/mol. The molecule has 0 spiro atoms. The first-order chi connectivity index (χ1) is 10.1. The number of nitrogens with one attached hydrogen (secondary N) is 1. The number of rotatable bonds is 7. The highest BCUT2D eigenvalue weighted by Gasteiger charge is 2.41. The first-order valence-electron chi connectivity index (χ1n) is 7.99. The van der Waals surface area contributed by atoms with Crippen LogP contribution in [0.4, 0.5) is 0 Å². The summed E-state index contributed by atoms with van der Waals surface area (Å²) in [6.07, 6.45) is 4.81. The van der Waals surface area contributed by atoms with Crippen molar-refractivity contribution in [1.82, 2.24) is 5.32 Å². The van der Waals surface area contributed by atoms with Crippen molar-refractivity contribution in [3.05, 3.63) is 10.4 Å². The van der Waals surface area contributed by atoms with Gasteiger partial charge in [-0.15, -0.1) is 0 Å². The largest absolute Gasteiger partial charge is 0.465 e. The van der Waals surface area contributed by atoms with Gasteiger partial charge in [-0.05, 0) is 43.6 Å². The van der Waals surface area contributed by atoms with Crippen LogP contribution in [0.15, 0.2) is 5.11 Å². The Bertz CT molecular complexity index is 380. The minimum atomic E-state index is -0.607. The van der Waals surface area contributed by atoms with Gasteiger partial charge in [0.05, 0.1) is 6.61 Å². The molecule has 2 unspecified atom stereocenters. The maximum atomic E-state index is 12.4. The lowest BCUT2D eigenvalue weighted by Gasteiger charge is -2.31.